The van der Waals surface area contributed by atoms with E-state index in [0.717, 1.165) is 16.7 Å². The highest BCUT2D eigenvalue weighted by Crippen LogP contribution is 2.59. The fourth-order valence-corrected chi connectivity index (χ4v) is 12.5. The zero-order valence-corrected chi connectivity index (χ0v) is 30.7. The van der Waals surface area contributed by atoms with Crippen LogP contribution in [0.2, 0.25) is 0 Å². The smallest absolute Gasteiger partial charge is 0.152 e. The van der Waals surface area contributed by atoms with Crippen LogP contribution in [0.15, 0.2) is 150 Å². The van der Waals surface area contributed by atoms with Gasteiger partial charge in [0.05, 0.1) is 44.3 Å². The van der Waals surface area contributed by atoms with E-state index in [9.17, 15) is 0 Å². The number of fused-ring (bicyclic) bond motifs is 15. The lowest BCUT2D eigenvalue weighted by molar-refractivity contribution is 0.506. The number of aromatic nitrogens is 3. The van der Waals surface area contributed by atoms with Gasteiger partial charge in [0.15, 0.2) is 5.82 Å². The summed E-state index contributed by atoms with van der Waals surface area (Å²) < 4.78 is 3.63. The summed E-state index contributed by atoms with van der Waals surface area (Å²) >= 11 is 3.84. The molecule has 252 valence electrons. The third kappa shape index (κ3) is 4.00. The molecule has 0 amide bonds. The van der Waals surface area contributed by atoms with Crippen molar-refractivity contribution < 1.29 is 0 Å². The maximum absolute atomic E-state index is 5.53. The molecule has 0 aliphatic carbocycles. The minimum absolute atomic E-state index is 0.0563. The maximum Gasteiger partial charge on any atom is 0.152 e. The molecule has 6 heterocycles. The molecule has 3 aromatic heterocycles. The summed E-state index contributed by atoms with van der Waals surface area (Å²) in [5, 5.41) is 8.57. The minimum atomic E-state index is -0.238. The van der Waals surface area contributed by atoms with E-state index >= 15 is 0 Å². The first-order valence-electron chi connectivity index (χ1n) is 18.3. The molecule has 6 heteroatoms. The molecule has 9 aromatic rings. The number of hydrogen-bond donors (Lipinski definition) is 0. The van der Waals surface area contributed by atoms with Crippen molar-refractivity contribution in [2.45, 2.75) is 41.5 Å². The van der Waals surface area contributed by atoms with Crippen molar-refractivity contribution in [2.75, 3.05) is 0 Å². The summed E-state index contributed by atoms with van der Waals surface area (Å²) in [5.74, 6) is 1.28. The van der Waals surface area contributed by atoms with Crippen LogP contribution in [0.4, 0.5) is 0 Å². The number of benzene rings is 6. The van der Waals surface area contributed by atoms with Gasteiger partial charge in [-0.2, -0.15) is 0 Å². The van der Waals surface area contributed by atoms with Gasteiger partial charge in [-0.1, -0.05) is 110 Å². The molecule has 0 saturated heterocycles. The number of rotatable bonds is 2. The van der Waals surface area contributed by atoms with E-state index in [1.165, 1.54) is 80.0 Å². The van der Waals surface area contributed by atoms with Gasteiger partial charge in [0.25, 0.3) is 0 Å². The van der Waals surface area contributed by atoms with Crippen LogP contribution >= 0.6 is 23.1 Å². The minimum Gasteiger partial charge on any atom is -0.315 e. The number of pyridine rings is 1. The molecule has 3 aliphatic rings. The Bertz CT molecular complexity index is 3160. The van der Waals surface area contributed by atoms with E-state index in [2.05, 4.69) is 151 Å². The normalized spacial score (nSPS) is 21.3. The van der Waals surface area contributed by atoms with Crippen LogP contribution in [0.3, 0.4) is 0 Å². The standard InChI is InChI=1S/C47H32N4S2/c1-26-39-40-31-11-5-3-9-27(31)20-22-38(40)52-44(39)46-50-42-32-12-6-4-10-28(32)19-21-36(42)51(46)43(26)29-15-17-30(18-16-29)45-47(2)41(33-23-24-48-25-35(33)49-45)34-13-7-8-14-37(34)53-47/h3-26,43,45H,1-2H3. The molecule has 0 radical (unpaired) electrons. The molecule has 0 spiro atoms. The van der Waals surface area contributed by atoms with E-state index < -0.39 is 0 Å². The Morgan fingerprint density at radius 3 is 2.34 bits per heavy atom. The first kappa shape index (κ1) is 30.0. The lowest BCUT2D eigenvalue weighted by Crippen LogP contribution is -2.43. The van der Waals surface area contributed by atoms with Crippen LogP contribution in [0.1, 0.15) is 54.1 Å². The molecule has 12 rings (SSSR count). The average Bonchev–Trinajstić information content (AvgIpc) is 3.88. The van der Waals surface area contributed by atoms with E-state index in [1.807, 2.05) is 35.5 Å². The van der Waals surface area contributed by atoms with Crippen LogP contribution in [-0.2, 0) is 0 Å². The second kappa shape index (κ2) is 10.8. The molecule has 4 nitrogen and oxygen atoms in total. The number of thioether (sulfide) groups is 1. The van der Waals surface area contributed by atoms with Crippen LogP contribution in [0.25, 0.3) is 58.9 Å². The van der Waals surface area contributed by atoms with Gasteiger partial charge in [0.1, 0.15) is 0 Å². The monoisotopic (exact) mass is 716 g/mol. The highest BCUT2D eigenvalue weighted by atomic mass is 32.2. The van der Waals surface area contributed by atoms with Gasteiger partial charge in [0, 0.05) is 37.7 Å². The molecule has 53 heavy (non-hydrogen) atoms. The Kier molecular flexibility index (Phi) is 6.08. The van der Waals surface area contributed by atoms with Crippen molar-refractivity contribution >= 4 is 71.3 Å². The lowest BCUT2D eigenvalue weighted by atomic mass is 9.80. The van der Waals surface area contributed by atoms with Gasteiger partial charge < -0.3 is 4.57 Å². The van der Waals surface area contributed by atoms with Gasteiger partial charge in [-0.15, -0.1) is 23.1 Å². The Balaban J connectivity index is 1.06. The summed E-state index contributed by atoms with van der Waals surface area (Å²) in [6.45, 7) is 4.81. The Labute approximate surface area is 314 Å². The molecule has 0 N–H and O–H groups in total. The van der Waals surface area contributed by atoms with Gasteiger partial charge in [-0.25, -0.2) is 4.98 Å². The average molecular weight is 717 g/mol. The first-order chi connectivity index (χ1) is 26.1. The fourth-order valence-electron chi connectivity index (χ4n) is 9.73. The predicted octanol–water partition coefficient (Wildman–Crippen LogP) is 10.8. The summed E-state index contributed by atoms with van der Waals surface area (Å²) in [5.41, 5.74) is 8.87. The quantitative estimate of drug-likeness (QED) is 0.179. The predicted molar refractivity (Wildman–Crippen MR) is 220 cm³/mol. The summed E-state index contributed by atoms with van der Waals surface area (Å²) in [6, 6.07) is 47.0. The Hall–Kier alpha value is -5.56. The zero-order valence-electron chi connectivity index (χ0n) is 29.1. The molecule has 3 aliphatic heterocycles. The van der Waals surface area contributed by atoms with E-state index in [-0.39, 0.29) is 22.7 Å². The van der Waals surface area contributed by atoms with Gasteiger partial charge in [-0.05, 0) is 75.2 Å². The molecule has 6 aromatic carbocycles. The van der Waals surface area contributed by atoms with Crippen molar-refractivity contribution in [1.29, 1.82) is 0 Å². The van der Waals surface area contributed by atoms with Crippen LogP contribution < -0.4 is 10.6 Å². The third-order valence-electron chi connectivity index (χ3n) is 12.0. The SMILES string of the molecule is CC1c2c(sc3ccc4ccccc4c23)-c2nc3c4ccccc4ccc3n2C1c1ccc(C2N=c3cnccc3=C3c4ccccc4SC32C)cc1. The van der Waals surface area contributed by atoms with Gasteiger partial charge in [0.2, 0.25) is 0 Å². The van der Waals surface area contributed by atoms with Crippen LogP contribution in [0.5, 0.6) is 0 Å². The molecule has 4 unspecified atom stereocenters. The molecule has 0 fully saturated rings. The van der Waals surface area contributed by atoms with Crippen molar-refractivity contribution in [2.24, 2.45) is 4.99 Å². The van der Waals surface area contributed by atoms with Gasteiger partial charge in [-0.3, -0.25) is 9.98 Å². The van der Waals surface area contributed by atoms with Crippen molar-refractivity contribution in [3.63, 3.8) is 0 Å². The fraction of sp³-hybridized carbons (Fsp3) is 0.128. The number of nitrogens with zero attached hydrogens (tertiary/aromatic N) is 4. The maximum atomic E-state index is 5.53. The molecule has 0 saturated carbocycles. The first-order valence-corrected chi connectivity index (χ1v) is 20.0. The second-order valence-electron chi connectivity index (χ2n) is 14.9. The van der Waals surface area contributed by atoms with E-state index in [1.54, 1.807) is 0 Å². The molecule has 4 atom stereocenters. The topological polar surface area (TPSA) is 43.1 Å². The van der Waals surface area contributed by atoms with Crippen molar-refractivity contribution in [1.82, 2.24) is 14.5 Å². The number of thiophene rings is 1. The molecular formula is C47H32N4S2. The van der Waals surface area contributed by atoms with Crippen LogP contribution in [-0.4, -0.2) is 19.3 Å². The lowest BCUT2D eigenvalue weighted by Gasteiger charge is -2.36. The molecular weight excluding hydrogens is 685 g/mol. The molecule has 0 bridgehead atoms. The highest BCUT2D eigenvalue weighted by Gasteiger charge is 2.48. The van der Waals surface area contributed by atoms with Crippen molar-refractivity contribution in [3.05, 3.63) is 173 Å². The Morgan fingerprint density at radius 1 is 0.736 bits per heavy atom. The van der Waals surface area contributed by atoms with Crippen LogP contribution in [0, 0.1) is 0 Å². The number of imidazole rings is 1. The highest BCUT2D eigenvalue weighted by molar-refractivity contribution is 8.01. The summed E-state index contributed by atoms with van der Waals surface area (Å²) in [4.78, 5) is 18.1. The second-order valence-corrected chi connectivity index (χ2v) is 17.4. The zero-order chi connectivity index (χ0) is 35.0. The van der Waals surface area contributed by atoms with E-state index in [0.29, 0.717) is 0 Å². The number of hydrogen-bond acceptors (Lipinski definition) is 5. The summed E-state index contributed by atoms with van der Waals surface area (Å²) in [6.07, 6.45) is 3.83. The van der Waals surface area contributed by atoms with Crippen molar-refractivity contribution in [3.8, 4) is 10.7 Å². The summed E-state index contributed by atoms with van der Waals surface area (Å²) in [7, 11) is 0. The Morgan fingerprint density at radius 2 is 1.47 bits per heavy atom. The van der Waals surface area contributed by atoms with E-state index in [4.69, 9.17) is 9.98 Å². The largest absolute Gasteiger partial charge is 0.315 e. The third-order valence-corrected chi connectivity index (χ3v) is 14.6. The van der Waals surface area contributed by atoms with Gasteiger partial charge >= 0.3 is 0 Å².